The van der Waals surface area contributed by atoms with Gasteiger partial charge in [0.25, 0.3) is 0 Å². The van der Waals surface area contributed by atoms with E-state index < -0.39 is 0 Å². The van der Waals surface area contributed by atoms with Crippen molar-refractivity contribution in [3.05, 3.63) is 11.7 Å². The van der Waals surface area contributed by atoms with Crippen molar-refractivity contribution in [3.63, 3.8) is 0 Å². The molecule has 0 aliphatic heterocycles. The third-order valence-corrected chi connectivity index (χ3v) is 5.27. The Morgan fingerprint density at radius 3 is 2.86 bits per heavy atom. The zero-order valence-corrected chi connectivity index (χ0v) is 14.1. The van der Waals surface area contributed by atoms with Crippen molar-refractivity contribution >= 4 is 34.1 Å². The van der Waals surface area contributed by atoms with Gasteiger partial charge in [-0.1, -0.05) is 42.1 Å². The van der Waals surface area contributed by atoms with E-state index in [0.29, 0.717) is 35.1 Å². The fraction of sp³-hybridized carbons (Fsp3) is 0.615. The van der Waals surface area contributed by atoms with Crippen LogP contribution in [0.1, 0.15) is 44.8 Å². The topological polar surface area (TPSA) is 85.0 Å². The number of carbonyl (C=O) groups excluding carboxylic acids is 1. The van der Waals surface area contributed by atoms with Crippen LogP contribution in [0.4, 0.5) is 5.13 Å². The summed E-state index contributed by atoms with van der Waals surface area (Å²) in [4.78, 5) is 18.1. The number of rotatable bonds is 7. The highest BCUT2D eigenvalue weighted by atomic mass is 32.2. The maximum atomic E-state index is 12.0. The van der Waals surface area contributed by atoms with Gasteiger partial charge in [-0.15, -0.1) is 10.2 Å². The minimum absolute atomic E-state index is 0.111. The van der Waals surface area contributed by atoms with E-state index in [1.54, 1.807) is 4.90 Å². The first kappa shape index (κ1) is 15.4. The first-order valence-corrected chi connectivity index (χ1v) is 9.11. The highest BCUT2D eigenvalue weighted by Gasteiger charge is 2.35. The molecule has 1 aliphatic rings. The summed E-state index contributed by atoms with van der Waals surface area (Å²) in [7, 11) is 0. The lowest BCUT2D eigenvalue weighted by atomic mass is 10.4. The lowest BCUT2D eigenvalue weighted by Crippen LogP contribution is -2.32. The molecule has 0 unspecified atom stereocenters. The summed E-state index contributed by atoms with van der Waals surface area (Å²) >= 11 is 2.94. The second-order valence-corrected chi connectivity index (χ2v) is 7.12. The molecule has 9 heteroatoms. The molecule has 0 radical (unpaired) electrons. The Kier molecular flexibility index (Phi) is 4.72. The molecule has 1 aliphatic carbocycles. The highest BCUT2D eigenvalue weighted by molar-refractivity contribution is 8.00. The van der Waals surface area contributed by atoms with E-state index >= 15 is 0 Å². The number of thioether (sulfide) groups is 1. The van der Waals surface area contributed by atoms with Gasteiger partial charge in [-0.25, -0.2) is 0 Å². The van der Waals surface area contributed by atoms with Crippen LogP contribution in [-0.2, 0) is 17.0 Å². The fourth-order valence-corrected chi connectivity index (χ4v) is 3.71. The zero-order chi connectivity index (χ0) is 15.5. The first-order valence-electron chi connectivity index (χ1n) is 7.31. The van der Waals surface area contributed by atoms with E-state index in [4.69, 9.17) is 4.52 Å². The van der Waals surface area contributed by atoms with E-state index in [-0.39, 0.29) is 5.91 Å². The molecule has 0 bridgehead atoms. The van der Waals surface area contributed by atoms with Gasteiger partial charge >= 0.3 is 0 Å². The summed E-state index contributed by atoms with van der Waals surface area (Å²) in [6.07, 6.45) is 3.35. The third kappa shape index (κ3) is 3.46. The van der Waals surface area contributed by atoms with Crippen molar-refractivity contribution < 1.29 is 9.32 Å². The van der Waals surface area contributed by atoms with Crippen molar-refractivity contribution in [3.8, 4) is 0 Å². The van der Waals surface area contributed by atoms with Crippen molar-refractivity contribution in [1.82, 2.24) is 20.3 Å². The second kappa shape index (κ2) is 6.74. The maximum Gasteiger partial charge on any atom is 0.237 e. The summed E-state index contributed by atoms with van der Waals surface area (Å²) < 4.78 is 5.95. The summed E-state index contributed by atoms with van der Waals surface area (Å²) in [5, 5.41) is 12.9. The van der Waals surface area contributed by atoms with Gasteiger partial charge in [0, 0.05) is 18.9 Å². The van der Waals surface area contributed by atoms with Crippen LogP contribution >= 0.6 is 23.1 Å². The number of amides is 1. The van der Waals surface area contributed by atoms with Crippen molar-refractivity contribution in [2.45, 2.75) is 55.7 Å². The number of hydrogen-bond acceptors (Lipinski definition) is 8. The molecular weight excluding hydrogens is 322 g/mol. The van der Waals surface area contributed by atoms with Crippen LogP contribution in [-0.4, -0.2) is 32.3 Å². The number of anilines is 1. The van der Waals surface area contributed by atoms with Crippen LogP contribution < -0.4 is 4.90 Å². The minimum atomic E-state index is 0.111. The summed E-state index contributed by atoms with van der Waals surface area (Å²) in [5.74, 6) is 1.97. The number of aryl methyl sites for hydroxylation is 1. The van der Waals surface area contributed by atoms with Crippen molar-refractivity contribution in [2.75, 3.05) is 4.90 Å². The average molecular weight is 339 g/mol. The highest BCUT2D eigenvalue weighted by Crippen LogP contribution is 2.36. The van der Waals surface area contributed by atoms with Gasteiger partial charge in [-0.2, -0.15) is 4.98 Å². The Morgan fingerprint density at radius 1 is 1.41 bits per heavy atom. The summed E-state index contributed by atoms with van der Waals surface area (Å²) in [6, 6.07) is 0.307. The monoisotopic (exact) mass is 339 g/mol. The first-order chi connectivity index (χ1) is 10.7. The number of hydrogen-bond donors (Lipinski definition) is 0. The van der Waals surface area contributed by atoms with Crippen LogP contribution in [0.2, 0.25) is 0 Å². The molecule has 118 valence electrons. The van der Waals surface area contributed by atoms with E-state index in [1.165, 1.54) is 23.1 Å². The third-order valence-electron chi connectivity index (χ3n) is 3.23. The van der Waals surface area contributed by atoms with E-state index in [2.05, 4.69) is 20.3 Å². The smallest absolute Gasteiger partial charge is 0.237 e. The molecule has 2 aromatic rings. The van der Waals surface area contributed by atoms with E-state index in [9.17, 15) is 4.79 Å². The maximum absolute atomic E-state index is 12.0. The predicted molar refractivity (Wildman–Crippen MR) is 83.9 cm³/mol. The largest absolute Gasteiger partial charge is 0.338 e. The predicted octanol–water partition coefficient (Wildman–Crippen LogP) is 2.68. The summed E-state index contributed by atoms with van der Waals surface area (Å²) in [5.41, 5.74) is 0. The number of aromatic nitrogens is 4. The molecular formula is C13H17N5O2S2. The van der Waals surface area contributed by atoms with Crippen LogP contribution in [0.3, 0.4) is 0 Å². The molecule has 1 fully saturated rings. The Hall–Kier alpha value is -1.48. The molecule has 0 atom stereocenters. The Morgan fingerprint density at radius 2 is 2.23 bits per heavy atom. The van der Waals surface area contributed by atoms with Gasteiger partial charge in [0.15, 0.2) is 10.2 Å². The van der Waals surface area contributed by atoms with Crippen LogP contribution in [0.15, 0.2) is 8.86 Å². The van der Waals surface area contributed by atoms with E-state index in [0.717, 1.165) is 23.6 Å². The van der Waals surface area contributed by atoms with Crippen LogP contribution in [0.25, 0.3) is 0 Å². The molecule has 1 saturated carbocycles. The number of nitrogens with zero attached hydrogens (tertiary/aromatic N) is 5. The molecule has 1 amide bonds. The van der Waals surface area contributed by atoms with Crippen LogP contribution in [0.5, 0.6) is 0 Å². The van der Waals surface area contributed by atoms with Gasteiger partial charge in [0.05, 0.1) is 5.75 Å². The molecule has 7 nitrogen and oxygen atoms in total. The molecule has 0 spiro atoms. The quantitative estimate of drug-likeness (QED) is 0.566. The molecule has 3 rings (SSSR count). The van der Waals surface area contributed by atoms with Gasteiger partial charge in [0.2, 0.25) is 16.9 Å². The molecule has 0 N–H and O–H groups in total. The SMILES string of the molecule is CCC(=O)N(c1nnc(SCc2nc(CC)no2)s1)C1CC1. The molecule has 0 saturated heterocycles. The zero-order valence-electron chi connectivity index (χ0n) is 12.5. The molecule has 0 aromatic carbocycles. The Bertz CT molecular complexity index is 652. The Labute approximate surface area is 136 Å². The Balaban J connectivity index is 1.64. The standard InChI is InChI=1S/C13H17N5O2S2/c1-3-9-14-10(20-17-9)7-21-13-16-15-12(22-13)18(8-5-6-8)11(19)4-2/h8H,3-7H2,1-2H3. The molecule has 22 heavy (non-hydrogen) atoms. The lowest BCUT2D eigenvalue weighted by Gasteiger charge is -2.17. The summed E-state index contributed by atoms with van der Waals surface area (Å²) in [6.45, 7) is 3.85. The molecule has 2 heterocycles. The minimum Gasteiger partial charge on any atom is -0.338 e. The fourth-order valence-electron chi connectivity index (χ4n) is 1.94. The van der Waals surface area contributed by atoms with Gasteiger partial charge in [0.1, 0.15) is 0 Å². The van der Waals surface area contributed by atoms with Gasteiger partial charge < -0.3 is 4.52 Å². The molecule has 2 aromatic heterocycles. The second-order valence-electron chi connectivity index (χ2n) is 4.95. The van der Waals surface area contributed by atoms with Crippen molar-refractivity contribution in [2.24, 2.45) is 0 Å². The van der Waals surface area contributed by atoms with E-state index in [1.807, 2.05) is 13.8 Å². The average Bonchev–Trinajstić information content (AvgIpc) is 3.07. The number of carbonyl (C=O) groups is 1. The van der Waals surface area contributed by atoms with Gasteiger partial charge in [-0.3, -0.25) is 9.69 Å². The van der Waals surface area contributed by atoms with Gasteiger partial charge in [-0.05, 0) is 12.8 Å². The van der Waals surface area contributed by atoms with Crippen molar-refractivity contribution in [1.29, 1.82) is 0 Å². The lowest BCUT2D eigenvalue weighted by molar-refractivity contribution is -0.118. The van der Waals surface area contributed by atoms with Crippen LogP contribution in [0, 0.1) is 0 Å². The normalized spacial score (nSPS) is 14.3.